The molecule has 0 fully saturated rings. The fourth-order valence-electron chi connectivity index (χ4n) is 5.04. The number of hydrogen-bond donors (Lipinski definition) is 0. The van der Waals surface area contributed by atoms with Crippen LogP contribution in [0.1, 0.15) is 33.4 Å². The van der Waals surface area contributed by atoms with Crippen molar-refractivity contribution < 1.29 is 28.2 Å². The third-order valence-electron chi connectivity index (χ3n) is 7.77. The lowest BCUT2D eigenvalue weighted by Gasteiger charge is -2.20. The first-order valence-corrected chi connectivity index (χ1v) is 16.1. The van der Waals surface area contributed by atoms with Gasteiger partial charge in [-0.05, 0) is 165 Å². The van der Waals surface area contributed by atoms with Crippen molar-refractivity contribution in [1.29, 1.82) is 15.8 Å². The monoisotopic (exact) mass is 683 g/mol. The van der Waals surface area contributed by atoms with E-state index in [9.17, 15) is 0 Å². The van der Waals surface area contributed by atoms with Crippen molar-refractivity contribution in [2.24, 2.45) is 0 Å². The van der Waals surface area contributed by atoms with E-state index in [2.05, 4.69) is 18.2 Å². The van der Waals surface area contributed by atoms with Gasteiger partial charge in [-0.3, -0.25) is 0 Å². The van der Waals surface area contributed by atoms with E-state index in [1.165, 1.54) is 0 Å². The Kier molecular flexibility index (Phi) is 10.6. The van der Waals surface area contributed by atoms with Crippen LogP contribution in [0.2, 0.25) is 0 Å². The topological polar surface area (TPSA) is 127 Å². The molecule has 0 aliphatic carbocycles. The standard InChI is InChI=1S/C42H30BN3O6/c1-28-22-37(47-34-10-4-31(25-44)5-11-34)16-19-40(28)50-43(51-41-20-17-38(23-29(41)2)48-35-12-6-32(26-45)7-13-35)52-42-21-18-39(24-30(42)3)49-36-14-8-33(27-46)9-15-36/h4-24H,1-3H3. The summed E-state index contributed by atoms with van der Waals surface area (Å²) in [6.45, 7) is 5.66. The van der Waals surface area contributed by atoms with Gasteiger partial charge in [-0.2, -0.15) is 15.8 Å². The van der Waals surface area contributed by atoms with E-state index in [-0.39, 0.29) is 0 Å². The smallest absolute Gasteiger partial charge is 0.489 e. The molecule has 252 valence electrons. The van der Waals surface area contributed by atoms with Crippen LogP contribution in [0.25, 0.3) is 0 Å². The highest BCUT2D eigenvalue weighted by molar-refractivity contribution is 6.39. The van der Waals surface area contributed by atoms with Crippen molar-refractivity contribution in [3.63, 3.8) is 0 Å². The number of nitriles is 3. The normalized spacial score (nSPS) is 10.2. The summed E-state index contributed by atoms with van der Waals surface area (Å²) in [6, 6.07) is 43.1. The minimum atomic E-state index is -1.21. The molecule has 0 radical (unpaired) electrons. The van der Waals surface area contributed by atoms with Crippen LogP contribution in [-0.4, -0.2) is 7.32 Å². The molecule has 0 bridgehead atoms. The van der Waals surface area contributed by atoms with Crippen molar-refractivity contribution in [3.8, 4) is 70.0 Å². The van der Waals surface area contributed by atoms with Crippen molar-refractivity contribution in [1.82, 2.24) is 0 Å². The van der Waals surface area contributed by atoms with Gasteiger partial charge < -0.3 is 28.2 Å². The van der Waals surface area contributed by atoms with Gasteiger partial charge in [0.2, 0.25) is 0 Å². The molecule has 0 saturated carbocycles. The van der Waals surface area contributed by atoms with E-state index < -0.39 is 7.32 Å². The molecule has 9 nitrogen and oxygen atoms in total. The molecule has 6 aromatic carbocycles. The van der Waals surface area contributed by atoms with Crippen molar-refractivity contribution in [2.45, 2.75) is 20.8 Å². The zero-order chi connectivity index (χ0) is 36.5. The maximum absolute atomic E-state index is 9.08. The van der Waals surface area contributed by atoms with Gasteiger partial charge in [0.05, 0.1) is 34.9 Å². The Morgan fingerprint density at radius 3 is 0.846 bits per heavy atom. The number of hydrogen-bond acceptors (Lipinski definition) is 9. The Hall–Kier alpha value is -7.35. The van der Waals surface area contributed by atoms with E-state index in [4.69, 9.17) is 44.0 Å². The highest BCUT2D eigenvalue weighted by Crippen LogP contribution is 2.33. The molecule has 6 aromatic rings. The second-order valence-corrected chi connectivity index (χ2v) is 11.6. The molecule has 52 heavy (non-hydrogen) atoms. The largest absolute Gasteiger partial charge is 0.864 e. The first kappa shape index (κ1) is 34.5. The van der Waals surface area contributed by atoms with Gasteiger partial charge in [0.15, 0.2) is 0 Å². The average molecular weight is 684 g/mol. The number of benzene rings is 6. The van der Waals surface area contributed by atoms with Crippen LogP contribution in [0.5, 0.6) is 51.7 Å². The van der Waals surface area contributed by atoms with Gasteiger partial charge in [0, 0.05) is 0 Å². The Balaban J connectivity index is 1.22. The predicted octanol–water partition coefficient (Wildman–Crippen LogP) is 10.1. The second-order valence-electron chi connectivity index (χ2n) is 11.6. The van der Waals surface area contributed by atoms with Crippen LogP contribution < -0.4 is 28.2 Å². The highest BCUT2D eigenvalue weighted by atomic mass is 16.7. The SMILES string of the molecule is Cc1cc(Oc2ccc(C#N)cc2)ccc1OB(Oc1ccc(Oc2ccc(C#N)cc2)cc1C)Oc1ccc(Oc2ccc(C#N)cc2)cc1C. The second kappa shape index (κ2) is 15.9. The fourth-order valence-corrected chi connectivity index (χ4v) is 5.04. The van der Waals surface area contributed by atoms with E-state index >= 15 is 0 Å². The third-order valence-corrected chi connectivity index (χ3v) is 7.77. The Labute approximate surface area is 302 Å². The van der Waals surface area contributed by atoms with Gasteiger partial charge in [-0.1, -0.05) is 0 Å². The highest BCUT2D eigenvalue weighted by Gasteiger charge is 2.32. The minimum absolute atomic E-state index is 0.508. The van der Waals surface area contributed by atoms with Crippen LogP contribution in [0.15, 0.2) is 127 Å². The molecule has 0 aromatic heterocycles. The van der Waals surface area contributed by atoms with Gasteiger partial charge in [0.1, 0.15) is 51.7 Å². The summed E-state index contributed by atoms with van der Waals surface area (Å²) in [7, 11) is -1.21. The van der Waals surface area contributed by atoms with E-state index in [1.807, 2.05) is 39.0 Å². The molecule has 6 rings (SSSR count). The lowest BCUT2D eigenvalue weighted by molar-refractivity contribution is 0.304. The summed E-state index contributed by atoms with van der Waals surface area (Å²) in [5.41, 5.74) is 3.96. The summed E-state index contributed by atoms with van der Waals surface area (Å²) in [6.07, 6.45) is 0. The molecular formula is C42H30BN3O6. The first-order chi connectivity index (χ1) is 25.3. The molecule has 0 N–H and O–H groups in total. The van der Waals surface area contributed by atoms with Crippen LogP contribution in [0.4, 0.5) is 0 Å². The van der Waals surface area contributed by atoms with Gasteiger partial charge in [0.25, 0.3) is 0 Å². The zero-order valence-electron chi connectivity index (χ0n) is 28.5. The lowest BCUT2D eigenvalue weighted by atomic mass is 10.1. The molecule has 0 unspecified atom stereocenters. The molecule has 0 spiro atoms. The van der Waals surface area contributed by atoms with Crippen LogP contribution in [0.3, 0.4) is 0 Å². The van der Waals surface area contributed by atoms with Crippen LogP contribution in [0, 0.1) is 54.8 Å². The predicted molar refractivity (Wildman–Crippen MR) is 195 cm³/mol. The number of ether oxygens (including phenoxy) is 3. The maximum atomic E-state index is 9.08. The quantitative estimate of drug-likeness (QED) is 0.116. The number of rotatable bonds is 12. The molecule has 0 saturated heterocycles. The van der Waals surface area contributed by atoms with Gasteiger partial charge >= 0.3 is 7.32 Å². The maximum Gasteiger partial charge on any atom is 0.864 e. The molecule has 0 heterocycles. The van der Waals surface area contributed by atoms with Gasteiger partial charge in [-0.15, -0.1) is 0 Å². The minimum Gasteiger partial charge on any atom is -0.489 e. The average Bonchev–Trinajstić information content (AvgIpc) is 3.16. The third kappa shape index (κ3) is 8.81. The molecule has 0 atom stereocenters. The Morgan fingerprint density at radius 2 is 0.615 bits per heavy atom. The van der Waals surface area contributed by atoms with Gasteiger partial charge in [-0.25, -0.2) is 0 Å². The summed E-state index contributed by atoms with van der Waals surface area (Å²) in [5, 5.41) is 27.3. The fraction of sp³-hybridized carbons (Fsp3) is 0.0714. The van der Waals surface area contributed by atoms with Crippen molar-refractivity contribution >= 4 is 7.32 Å². The first-order valence-electron chi connectivity index (χ1n) is 16.1. The summed E-state index contributed by atoms with van der Waals surface area (Å²) in [4.78, 5) is 0. The lowest BCUT2D eigenvalue weighted by Crippen LogP contribution is -2.37. The van der Waals surface area contributed by atoms with E-state index in [0.29, 0.717) is 68.4 Å². The number of aryl methyl sites for hydroxylation is 3. The van der Waals surface area contributed by atoms with E-state index in [1.54, 1.807) is 109 Å². The molecule has 0 aliphatic heterocycles. The summed E-state index contributed by atoms with van der Waals surface area (Å²) >= 11 is 0. The zero-order valence-corrected chi connectivity index (χ0v) is 28.5. The van der Waals surface area contributed by atoms with Crippen LogP contribution in [-0.2, 0) is 0 Å². The summed E-state index contributed by atoms with van der Waals surface area (Å²) < 4.78 is 37.0. The van der Waals surface area contributed by atoms with Crippen molar-refractivity contribution in [2.75, 3.05) is 0 Å². The Bertz CT molecular complexity index is 2060. The molecule has 0 amide bonds. The molecule has 10 heteroatoms. The van der Waals surface area contributed by atoms with Crippen molar-refractivity contribution in [3.05, 3.63) is 161 Å². The summed E-state index contributed by atoms with van der Waals surface area (Å²) in [5.74, 6) is 5.10. The Morgan fingerprint density at radius 1 is 0.365 bits per heavy atom. The molecule has 0 aliphatic rings. The number of nitrogens with zero attached hydrogens (tertiary/aromatic N) is 3. The van der Waals surface area contributed by atoms with E-state index in [0.717, 1.165) is 16.7 Å². The molecular weight excluding hydrogens is 653 g/mol. The van der Waals surface area contributed by atoms with Crippen LogP contribution >= 0.6 is 0 Å².